The Balaban J connectivity index is 2.20. The van der Waals surface area contributed by atoms with Crippen LogP contribution in [0.1, 0.15) is 16.1 Å². The van der Waals surface area contributed by atoms with Gasteiger partial charge in [-0.25, -0.2) is 0 Å². The molecular formula is C14H13N5O. The van der Waals surface area contributed by atoms with E-state index in [2.05, 4.69) is 15.5 Å². The molecule has 0 aliphatic rings. The number of nitrogens with one attached hydrogen (secondary N) is 1. The molecule has 1 aromatic carbocycles. The number of nitriles is 1. The molecular weight excluding hydrogens is 254 g/mol. The molecule has 6 heteroatoms. The monoisotopic (exact) mass is 267 g/mol. The number of rotatable bonds is 3. The van der Waals surface area contributed by atoms with Gasteiger partial charge in [0.25, 0.3) is 5.91 Å². The summed E-state index contributed by atoms with van der Waals surface area (Å²) in [6.45, 7) is 0. The standard InChI is InChI=1S/C14H13N5O/c1-16-13-8-7-12(17-18-13)14(20)19(2)11-5-3-10(9-15)4-6-11/h3-8H,1-2H3,(H,16,18). The minimum atomic E-state index is -0.259. The van der Waals surface area contributed by atoms with Gasteiger partial charge >= 0.3 is 0 Å². The van der Waals surface area contributed by atoms with Crippen molar-refractivity contribution in [2.45, 2.75) is 0 Å². The number of aromatic nitrogens is 2. The predicted octanol–water partition coefficient (Wildman–Crippen LogP) is 1.67. The third-order valence-corrected chi connectivity index (χ3v) is 2.83. The summed E-state index contributed by atoms with van der Waals surface area (Å²) in [5.41, 5.74) is 1.50. The smallest absolute Gasteiger partial charge is 0.278 e. The highest BCUT2D eigenvalue weighted by atomic mass is 16.2. The number of carbonyl (C=O) groups excluding carboxylic acids is 1. The zero-order chi connectivity index (χ0) is 14.5. The molecule has 0 saturated heterocycles. The summed E-state index contributed by atoms with van der Waals surface area (Å²) in [5, 5.41) is 19.3. The van der Waals surface area contributed by atoms with E-state index >= 15 is 0 Å². The second kappa shape index (κ2) is 5.80. The average Bonchev–Trinajstić information content (AvgIpc) is 2.53. The van der Waals surface area contributed by atoms with Crippen molar-refractivity contribution in [3.8, 4) is 6.07 Å². The van der Waals surface area contributed by atoms with Crippen LogP contribution in [0.5, 0.6) is 0 Å². The Morgan fingerprint density at radius 1 is 1.20 bits per heavy atom. The summed E-state index contributed by atoms with van der Waals surface area (Å²) >= 11 is 0. The number of nitrogens with zero attached hydrogens (tertiary/aromatic N) is 4. The molecule has 100 valence electrons. The summed E-state index contributed by atoms with van der Waals surface area (Å²) in [4.78, 5) is 13.7. The average molecular weight is 267 g/mol. The number of hydrogen-bond acceptors (Lipinski definition) is 5. The molecule has 0 atom stereocenters. The van der Waals surface area contributed by atoms with Gasteiger partial charge in [-0.15, -0.1) is 10.2 Å². The van der Waals surface area contributed by atoms with Gasteiger partial charge in [-0.05, 0) is 36.4 Å². The lowest BCUT2D eigenvalue weighted by Crippen LogP contribution is -2.27. The van der Waals surface area contributed by atoms with Crippen molar-refractivity contribution in [1.29, 1.82) is 5.26 Å². The van der Waals surface area contributed by atoms with Crippen LogP contribution in [0.3, 0.4) is 0 Å². The van der Waals surface area contributed by atoms with Gasteiger partial charge in [-0.2, -0.15) is 5.26 Å². The molecule has 1 heterocycles. The van der Waals surface area contributed by atoms with Crippen LogP contribution in [0, 0.1) is 11.3 Å². The first-order valence-corrected chi connectivity index (χ1v) is 5.95. The topological polar surface area (TPSA) is 81.9 Å². The molecule has 0 aliphatic carbocycles. The number of amides is 1. The minimum Gasteiger partial charge on any atom is -0.372 e. The van der Waals surface area contributed by atoms with Crippen LogP contribution in [-0.2, 0) is 0 Å². The summed E-state index contributed by atoms with van der Waals surface area (Å²) in [5.74, 6) is 0.340. The fourth-order valence-electron chi connectivity index (χ4n) is 1.63. The normalized spacial score (nSPS) is 9.65. The third kappa shape index (κ3) is 2.72. The first-order chi connectivity index (χ1) is 9.65. The number of carbonyl (C=O) groups is 1. The van der Waals surface area contributed by atoms with Gasteiger partial charge in [0.05, 0.1) is 11.6 Å². The van der Waals surface area contributed by atoms with E-state index in [1.165, 1.54) is 4.90 Å². The Hall–Kier alpha value is -2.94. The molecule has 0 radical (unpaired) electrons. The van der Waals surface area contributed by atoms with Crippen LogP contribution in [0.2, 0.25) is 0 Å². The lowest BCUT2D eigenvalue weighted by Gasteiger charge is -2.16. The Morgan fingerprint density at radius 2 is 1.90 bits per heavy atom. The predicted molar refractivity (Wildman–Crippen MR) is 75.5 cm³/mol. The van der Waals surface area contributed by atoms with Gasteiger partial charge in [-0.3, -0.25) is 4.79 Å². The quantitative estimate of drug-likeness (QED) is 0.914. The maximum Gasteiger partial charge on any atom is 0.278 e. The Morgan fingerprint density at radius 3 is 2.40 bits per heavy atom. The first kappa shape index (κ1) is 13.5. The summed E-state index contributed by atoms with van der Waals surface area (Å²) in [6.07, 6.45) is 0. The van der Waals surface area contributed by atoms with Gasteiger partial charge in [0.2, 0.25) is 0 Å². The Kier molecular flexibility index (Phi) is 3.91. The van der Waals surface area contributed by atoms with Crippen LogP contribution in [0.25, 0.3) is 0 Å². The molecule has 20 heavy (non-hydrogen) atoms. The van der Waals surface area contributed by atoms with E-state index in [9.17, 15) is 4.79 Å². The molecule has 6 nitrogen and oxygen atoms in total. The summed E-state index contributed by atoms with van der Waals surface area (Å²) < 4.78 is 0. The Labute approximate surface area is 116 Å². The third-order valence-electron chi connectivity index (χ3n) is 2.83. The minimum absolute atomic E-state index is 0.259. The van der Waals surface area contributed by atoms with Crippen LogP contribution in [0.15, 0.2) is 36.4 Å². The molecule has 0 spiro atoms. The molecule has 0 aliphatic heterocycles. The molecule has 1 amide bonds. The molecule has 1 aromatic heterocycles. The van der Waals surface area contributed by atoms with Crippen molar-refractivity contribution in [2.75, 3.05) is 24.3 Å². The lowest BCUT2D eigenvalue weighted by atomic mass is 10.2. The first-order valence-electron chi connectivity index (χ1n) is 5.95. The van der Waals surface area contributed by atoms with Gasteiger partial charge in [0.15, 0.2) is 5.69 Å². The zero-order valence-corrected chi connectivity index (χ0v) is 11.2. The van der Waals surface area contributed by atoms with Crippen LogP contribution < -0.4 is 10.2 Å². The summed E-state index contributed by atoms with van der Waals surface area (Å²) in [6, 6.07) is 12.1. The van der Waals surface area contributed by atoms with E-state index < -0.39 is 0 Å². The van der Waals surface area contributed by atoms with Crippen molar-refractivity contribution in [3.05, 3.63) is 47.7 Å². The SMILES string of the molecule is CNc1ccc(C(=O)N(C)c2ccc(C#N)cc2)nn1. The van der Waals surface area contributed by atoms with E-state index in [-0.39, 0.29) is 11.6 Å². The molecule has 2 aromatic rings. The maximum atomic E-state index is 12.2. The number of hydrogen-bond donors (Lipinski definition) is 1. The highest BCUT2D eigenvalue weighted by molar-refractivity contribution is 6.04. The van der Waals surface area contributed by atoms with E-state index in [1.54, 1.807) is 50.5 Å². The van der Waals surface area contributed by atoms with Crippen molar-refractivity contribution in [3.63, 3.8) is 0 Å². The Bertz CT molecular complexity index is 643. The molecule has 0 saturated carbocycles. The van der Waals surface area contributed by atoms with Crippen LogP contribution in [-0.4, -0.2) is 30.2 Å². The van der Waals surface area contributed by atoms with Gasteiger partial charge in [0.1, 0.15) is 5.82 Å². The maximum absolute atomic E-state index is 12.2. The van der Waals surface area contributed by atoms with Crippen molar-refractivity contribution in [2.24, 2.45) is 0 Å². The van der Waals surface area contributed by atoms with Gasteiger partial charge in [-0.1, -0.05) is 0 Å². The van der Waals surface area contributed by atoms with Crippen molar-refractivity contribution in [1.82, 2.24) is 10.2 Å². The van der Waals surface area contributed by atoms with Gasteiger partial charge < -0.3 is 10.2 Å². The zero-order valence-electron chi connectivity index (χ0n) is 11.2. The highest BCUT2D eigenvalue weighted by Gasteiger charge is 2.15. The largest absolute Gasteiger partial charge is 0.372 e. The van der Waals surface area contributed by atoms with Crippen molar-refractivity contribution < 1.29 is 4.79 Å². The van der Waals surface area contributed by atoms with Crippen LogP contribution >= 0.6 is 0 Å². The van der Waals surface area contributed by atoms with Gasteiger partial charge in [0, 0.05) is 19.8 Å². The molecule has 0 unspecified atom stereocenters. The molecule has 1 N–H and O–H groups in total. The lowest BCUT2D eigenvalue weighted by molar-refractivity contribution is 0.0987. The van der Waals surface area contributed by atoms with E-state index in [0.717, 1.165) is 0 Å². The highest BCUT2D eigenvalue weighted by Crippen LogP contribution is 2.15. The summed E-state index contributed by atoms with van der Waals surface area (Å²) in [7, 11) is 3.38. The fraction of sp³-hybridized carbons (Fsp3) is 0.143. The van der Waals surface area contributed by atoms with Crippen LogP contribution in [0.4, 0.5) is 11.5 Å². The molecule has 2 rings (SSSR count). The van der Waals surface area contributed by atoms with E-state index in [4.69, 9.17) is 5.26 Å². The van der Waals surface area contributed by atoms with Crippen molar-refractivity contribution >= 4 is 17.4 Å². The number of anilines is 2. The second-order valence-electron chi connectivity index (χ2n) is 4.08. The molecule has 0 bridgehead atoms. The van der Waals surface area contributed by atoms with E-state index in [1.807, 2.05) is 6.07 Å². The molecule has 0 fully saturated rings. The number of benzene rings is 1. The second-order valence-corrected chi connectivity index (χ2v) is 4.08. The fourth-order valence-corrected chi connectivity index (χ4v) is 1.63. The van der Waals surface area contributed by atoms with E-state index in [0.29, 0.717) is 17.1 Å².